The molecular formula is C15H15NO4S. The first-order valence-corrected chi connectivity index (χ1v) is 7.22. The average Bonchev–Trinajstić information content (AvgIpc) is 2.97. The molecule has 0 aliphatic rings. The van der Waals surface area contributed by atoms with Crippen molar-refractivity contribution in [2.45, 2.75) is 6.54 Å². The molecule has 0 spiro atoms. The quantitative estimate of drug-likeness (QED) is 0.890. The lowest BCUT2D eigenvalue weighted by Gasteiger charge is -2.16. The molecule has 0 unspecified atom stereocenters. The number of carbonyl (C=O) groups is 2. The van der Waals surface area contributed by atoms with Gasteiger partial charge in [0.15, 0.2) is 6.61 Å². The molecule has 1 aromatic carbocycles. The van der Waals surface area contributed by atoms with Crippen LogP contribution in [0.4, 0.5) is 0 Å². The van der Waals surface area contributed by atoms with E-state index in [1.807, 2.05) is 16.8 Å². The van der Waals surface area contributed by atoms with Gasteiger partial charge >= 0.3 is 5.97 Å². The Morgan fingerprint density at radius 2 is 2.14 bits per heavy atom. The summed E-state index contributed by atoms with van der Waals surface area (Å²) < 4.78 is 5.35. The van der Waals surface area contributed by atoms with Gasteiger partial charge in [-0.3, -0.25) is 4.79 Å². The Hall–Kier alpha value is -2.34. The third-order valence-corrected chi connectivity index (χ3v) is 3.60. The van der Waals surface area contributed by atoms with Crippen molar-refractivity contribution in [2.24, 2.45) is 0 Å². The Kier molecular flexibility index (Phi) is 4.94. The topological polar surface area (TPSA) is 66.8 Å². The number of benzene rings is 1. The maximum absolute atomic E-state index is 11.9. The Morgan fingerprint density at radius 3 is 2.81 bits per heavy atom. The summed E-state index contributed by atoms with van der Waals surface area (Å²) in [4.78, 5) is 24.4. The fourth-order valence-electron chi connectivity index (χ4n) is 1.72. The van der Waals surface area contributed by atoms with Crippen LogP contribution in [0, 0.1) is 0 Å². The van der Waals surface area contributed by atoms with Crippen LogP contribution < -0.4 is 4.74 Å². The van der Waals surface area contributed by atoms with Gasteiger partial charge in [0.25, 0.3) is 5.91 Å². The van der Waals surface area contributed by atoms with Gasteiger partial charge in [-0.05, 0) is 40.6 Å². The number of aromatic carboxylic acids is 1. The summed E-state index contributed by atoms with van der Waals surface area (Å²) >= 11 is 1.58. The minimum absolute atomic E-state index is 0.121. The van der Waals surface area contributed by atoms with E-state index in [0.29, 0.717) is 12.3 Å². The molecule has 0 saturated carbocycles. The number of likely N-dealkylation sites (N-methyl/N-ethyl adjacent to an activating group) is 1. The van der Waals surface area contributed by atoms with Crippen LogP contribution in [0.15, 0.2) is 41.1 Å². The van der Waals surface area contributed by atoms with Gasteiger partial charge in [-0.2, -0.15) is 11.3 Å². The van der Waals surface area contributed by atoms with Crippen molar-refractivity contribution < 1.29 is 19.4 Å². The second-order valence-corrected chi connectivity index (χ2v) is 5.28. The largest absolute Gasteiger partial charge is 0.484 e. The van der Waals surface area contributed by atoms with Crippen LogP contribution in [0.5, 0.6) is 5.75 Å². The predicted octanol–water partition coefficient (Wildman–Crippen LogP) is 2.48. The molecular weight excluding hydrogens is 290 g/mol. The van der Waals surface area contributed by atoms with Gasteiger partial charge < -0.3 is 14.7 Å². The van der Waals surface area contributed by atoms with Crippen molar-refractivity contribution in [1.29, 1.82) is 0 Å². The summed E-state index contributed by atoms with van der Waals surface area (Å²) in [5.74, 6) is -0.824. The van der Waals surface area contributed by atoms with Crippen LogP contribution in [0.2, 0.25) is 0 Å². The molecule has 0 radical (unpaired) electrons. The SMILES string of the molecule is CN(Cc1ccsc1)C(=O)COc1cccc(C(=O)O)c1. The van der Waals surface area contributed by atoms with E-state index in [1.54, 1.807) is 35.4 Å². The van der Waals surface area contributed by atoms with Crippen LogP contribution in [0.25, 0.3) is 0 Å². The predicted molar refractivity (Wildman–Crippen MR) is 79.7 cm³/mol. The lowest BCUT2D eigenvalue weighted by atomic mass is 10.2. The Bertz CT molecular complexity index is 624. The number of hydrogen-bond donors (Lipinski definition) is 1. The van der Waals surface area contributed by atoms with Gasteiger partial charge in [0.2, 0.25) is 0 Å². The maximum Gasteiger partial charge on any atom is 0.335 e. The summed E-state index contributed by atoms with van der Waals surface area (Å²) in [7, 11) is 1.71. The van der Waals surface area contributed by atoms with Gasteiger partial charge in [-0.15, -0.1) is 0 Å². The Morgan fingerprint density at radius 1 is 1.33 bits per heavy atom. The highest BCUT2D eigenvalue weighted by Crippen LogP contribution is 2.14. The van der Waals surface area contributed by atoms with Crippen molar-refractivity contribution in [2.75, 3.05) is 13.7 Å². The molecule has 1 amide bonds. The van der Waals surface area contributed by atoms with E-state index in [9.17, 15) is 9.59 Å². The Balaban J connectivity index is 1.88. The normalized spacial score (nSPS) is 10.1. The second-order valence-electron chi connectivity index (χ2n) is 4.50. The molecule has 5 nitrogen and oxygen atoms in total. The molecule has 1 heterocycles. The number of carbonyl (C=O) groups excluding carboxylic acids is 1. The van der Waals surface area contributed by atoms with Gasteiger partial charge in [-0.25, -0.2) is 4.79 Å². The first-order valence-electron chi connectivity index (χ1n) is 6.27. The molecule has 0 bridgehead atoms. The van der Waals surface area contributed by atoms with E-state index in [-0.39, 0.29) is 18.1 Å². The summed E-state index contributed by atoms with van der Waals surface area (Å²) in [6, 6.07) is 8.04. The lowest BCUT2D eigenvalue weighted by Crippen LogP contribution is -2.30. The smallest absolute Gasteiger partial charge is 0.335 e. The minimum atomic E-state index is -1.03. The number of rotatable bonds is 6. The standard InChI is InChI=1S/C15H15NO4S/c1-16(8-11-5-6-21-10-11)14(17)9-20-13-4-2-3-12(7-13)15(18)19/h2-7,10H,8-9H2,1H3,(H,18,19). The van der Waals surface area contributed by atoms with Gasteiger partial charge in [0.1, 0.15) is 5.75 Å². The minimum Gasteiger partial charge on any atom is -0.484 e. The summed E-state index contributed by atoms with van der Waals surface area (Å²) in [5.41, 5.74) is 1.20. The number of carboxylic acid groups (broad SMARTS) is 1. The van der Waals surface area contributed by atoms with Crippen LogP contribution in [-0.4, -0.2) is 35.5 Å². The van der Waals surface area contributed by atoms with E-state index in [1.165, 1.54) is 12.1 Å². The average molecular weight is 305 g/mol. The molecule has 1 N–H and O–H groups in total. The van der Waals surface area contributed by atoms with Crippen molar-refractivity contribution in [3.63, 3.8) is 0 Å². The third kappa shape index (κ3) is 4.32. The summed E-state index contributed by atoms with van der Waals surface area (Å²) in [6.45, 7) is 0.407. The van der Waals surface area contributed by atoms with Gasteiger partial charge in [-0.1, -0.05) is 6.07 Å². The maximum atomic E-state index is 11.9. The van der Waals surface area contributed by atoms with Crippen molar-refractivity contribution in [3.05, 3.63) is 52.2 Å². The van der Waals surface area contributed by atoms with Crippen LogP contribution >= 0.6 is 11.3 Å². The monoisotopic (exact) mass is 305 g/mol. The molecule has 0 aliphatic carbocycles. The van der Waals surface area contributed by atoms with Crippen molar-refractivity contribution in [3.8, 4) is 5.75 Å². The third-order valence-electron chi connectivity index (χ3n) is 2.87. The molecule has 0 aliphatic heterocycles. The van der Waals surface area contributed by atoms with Crippen molar-refractivity contribution >= 4 is 23.2 Å². The zero-order valence-electron chi connectivity index (χ0n) is 11.5. The fraction of sp³-hybridized carbons (Fsp3) is 0.200. The van der Waals surface area contributed by atoms with E-state index in [0.717, 1.165) is 5.56 Å². The van der Waals surface area contributed by atoms with Gasteiger partial charge in [0.05, 0.1) is 5.56 Å². The molecule has 0 fully saturated rings. The number of carboxylic acids is 1. The van der Waals surface area contributed by atoms with Crippen LogP contribution in [-0.2, 0) is 11.3 Å². The zero-order chi connectivity index (χ0) is 15.2. The van der Waals surface area contributed by atoms with E-state index < -0.39 is 5.97 Å². The summed E-state index contributed by atoms with van der Waals surface area (Å²) in [6.07, 6.45) is 0. The van der Waals surface area contributed by atoms with Crippen LogP contribution in [0.3, 0.4) is 0 Å². The fourth-order valence-corrected chi connectivity index (χ4v) is 2.38. The number of amides is 1. The van der Waals surface area contributed by atoms with Gasteiger partial charge in [0, 0.05) is 13.6 Å². The first-order chi connectivity index (χ1) is 10.1. The zero-order valence-corrected chi connectivity index (χ0v) is 12.3. The number of nitrogens with zero attached hydrogens (tertiary/aromatic N) is 1. The molecule has 110 valence electrons. The highest BCUT2D eigenvalue weighted by molar-refractivity contribution is 7.07. The molecule has 0 atom stereocenters. The summed E-state index contributed by atoms with van der Waals surface area (Å²) in [5, 5.41) is 12.8. The lowest BCUT2D eigenvalue weighted by molar-refractivity contribution is -0.132. The number of ether oxygens (including phenoxy) is 1. The number of thiophene rings is 1. The molecule has 21 heavy (non-hydrogen) atoms. The molecule has 6 heteroatoms. The molecule has 1 aromatic heterocycles. The van der Waals surface area contributed by atoms with E-state index in [4.69, 9.17) is 9.84 Å². The van der Waals surface area contributed by atoms with E-state index in [2.05, 4.69) is 0 Å². The van der Waals surface area contributed by atoms with Crippen LogP contribution in [0.1, 0.15) is 15.9 Å². The highest BCUT2D eigenvalue weighted by atomic mass is 32.1. The molecule has 0 saturated heterocycles. The first kappa shape index (κ1) is 15.1. The Labute approximate surface area is 126 Å². The number of hydrogen-bond acceptors (Lipinski definition) is 4. The molecule has 2 aromatic rings. The van der Waals surface area contributed by atoms with Crippen molar-refractivity contribution in [1.82, 2.24) is 4.90 Å². The second kappa shape index (κ2) is 6.90. The highest BCUT2D eigenvalue weighted by Gasteiger charge is 2.11. The van der Waals surface area contributed by atoms with E-state index >= 15 is 0 Å². The molecule has 2 rings (SSSR count).